The van der Waals surface area contributed by atoms with Crippen molar-refractivity contribution in [1.29, 1.82) is 0 Å². The fraction of sp³-hybridized carbons (Fsp3) is 0.294. The summed E-state index contributed by atoms with van der Waals surface area (Å²) in [7, 11) is 0. The third kappa shape index (κ3) is 2.78. The minimum atomic E-state index is -0.172. The predicted molar refractivity (Wildman–Crippen MR) is 76.7 cm³/mol. The fourth-order valence-corrected chi connectivity index (χ4v) is 2.48. The monoisotopic (exact) mass is 255 g/mol. The molecular weight excluding hydrogens is 237 g/mol. The van der Waals surface area contributed by atoms with Crippen molar-refractivity contribution in [3.63, 3.8) is 0 Å². The molecule has 2 aromatic rings. The topological polar surface area (TPSA) is 12.0 Å². The van der Waals surface area contributed by atoms with Crippen molar-refractivity contribution in [1.82, 2.24) is 0 Å². The van der Waals surface area contributed by atoms with Crippen molar-refractivity contribution in [2.75, 3.05) is 5.32 Å². The highest BCUT2D eigenvalue weighted by Crippen LogP contribution is 2.43. The van der Waals surface area contributed by atoms with Crippen LogP contribution in [0.4, 0.5) is 10.1 Å². The average molecular weight is 255 g/mol. The van der Waals surface area contributed by atoms with Gasteiger partial charge in [0, 0.05) is 5.69 Å². The number of hydrogen-bond acceptors (Lipinski definition) is 1. The van der Waals surface area contributed by atoms with Gasteiger partial charge >= 0.3 is 0 Å². The van der Waals surface area contributed by atoms with Crippen molar-refractivity contribution in [3.05, 3.63) is 65.5 Å². The summed E-state index contributed by atoms with van der Waals surface area (Å²) in [6, 6.07) is 15.5. The first-order chi connectivity index (χ1) is 9.24. The molecule has 1 aliphatic carbocycles. The molecule has 1 aliphatic rings. The zero-order chi connectivity index (χ0) is 13.2. The molecule has 0 radical (unpaired) electrons. The van der Waals surface area contributed by atoms with E-state index in [4.69, 9.17) is 0 Å². The highest BCUT2D eigenvalue weighted by atomic mass is 19.1. The molecule has 1 saturated carbocycles. The smallest absolute Gasteiger partial charge is 0.123 e. The molecule has 19 heavy (non-hydrogen) atoms. The van der Waals surface area contributed by atoms with Gasteiger partial charge in [-0.3, -0.25) is 0 Å². The molecule has 2 heteroatoms. The van der Waals surface area contributed by atoms with Crippen LogP contribution in [0.15, 0.2) is 48.5 Å². The largest absolute Gasteiger partial charge is 0.378 e. The van der Waals surface area contributed by atoms with Crippen molar-refractivity contribution < 1.29 is 4.39 Å². The standard InChI is InChI=1S/C17H18FN/c1-12-4-2-3-5-16(12)19-17(13-6-7-13)14-8-10-15(18)11-9-14/h2-5,8-11,13,17,19H,6-7H2,1H3. The van der Waals surface area contributed by atoms with E-state index in [0.717, 1.165) is 0 Å². The molecule has 0 aromatic heterocycles. The molecule has 1 atom stereocenters. The van der Waals surface area contributed by atoms with E-state index in [-0.39, 0.29) is 5.82 Å². The molecule has 1 N–H and O–H groups in total. The summed E-state index contributed by atoms with van der Waals surface area (Å²) in [6.07, 6.45) is 2.50. The lowest BCUT2D eigenvalue weighted by atomic mass is 10.0. The molecule has 0 heterocycles. The van der Waals surface area contributed by atoms with Gasteiger partial charge in [-0.1, -0.05) is 30.3 Å². The maximum atomic E-state index is 13.0. The van der Waals surface area contributed by atoms with Crippen LogP contribution >= 0.6 is 0 Å². The molecule has 0 saturated heterocycles. The normalized spacial score (nSPS) is 16.1. The zero-order valence-electron chi connectivity index (χ0n) is 11.1. The van der Waals surface area contributed by atoms with E-state index in [1.54, 1.807) is 12.1 Å². The fourth-order valence-electron chi connectivity index (χ4n) is 2.48. The first kappa shape index (κ1) is 12.2. The summed E-state index contributed by atoms with van der Waals surface area (Å²) in [5, 5.41) is 3.62. The Hall–Kier alpha value is -1.83. The molecule has 1 nitrogen and oxygen atoms in total. The number of aryl methyl sites for hydroxylation is 1. The third-order valence-electron chi connectivity index (χ3n) is 3.78. The number of benzene rings is 2. The summed E-state index contributed by atoms with van der Waals surface area (Å²) >= 11 is 0. The number of halogens is 1. The van der Waals surface area contributed by atoms with Gasteiger partial charge in [0.1, 0.15) is 5.82 Å². The van der Waals surface area contributed by atoms with Gasteiger partial charge < -0.3 is 5.32 Å². The van der Waals surface area contributed by atoms with Crippen molar-refractivity contribution in [3.8, 4) is 0 Å². The zero-order valence-corrected chi connectivity index (χ0v) is 11.1. The van der Waals surface area contributed by atoms with E-state index in [2.05, 4.69) is 24.4 Å². The lowest BCUT2D eigenvalue weighted by Gasteiger charge is -2.21. The Morgan fingerprint density at radius 3 is 2.37 bits per heavy atom. The Balaban J connectivity index is 1.86. The van der Waals surface area contributed by atoms with Crippen molar-refractivity contribution in [2.24, 2.45) is 5.92 Å². The number of hydrogen-bond donors (Lipinski definition) is 1. The van der Waals surface area contributed by atoms with Gasteiger partial charge in [0.05, 0.1) is 6.04 Å². The Morgan fingerprint density at radius 2 is 1.74 bits per heavy atom. The maximum absolute atomic E-state index is 13.0. The van der Waals surface area contributed by atoms with E-state index in [0.29, 0.717) is 12.0 Å². The van der Waals surface area contributed by atoms with Gasteiger partial charge in [0.25, 0.3) is 0 Å². The molecule has 0 aliphatic heterocycles. The van der Waals surface area contributed by atoms with Gasteiger partial charge in [-0.05, 0) is 55.0 Å². The molecule has 0 amide bonds. The van der Waals surface area contributed by atoms with E-state index >= 15 is 0 Å². The first-order valence-electron chi connectivity index (χ1n) is 6.81. The Morgan fingerprint density at radius 1 is 1.05 bits per heavy atom. The van der Waals surface area contributed by atoms with Crippen LogP contribution in [0.1, 0.15) is 30.0 Å². The number of anilines is 1. The van der Waals surface area contributed by atoms with E-state index < -0.39 is 0 Å². The van der Waals surface area contributed by atoms with Crippen LogP contribution in [0, 0.1) is 18.7 Å². The van der Waals surface area contributed by atoms with Crippen LogP contribution in [0.25, 0.3) is 0 Å². The lowest BCUT2D eigenvalue weighted by molar-refractivity contribution is 0.622. The molecule has 1 unspecified atom stereocenters. The molecular formula is C17H18FN. The van der Waals surface area contributed by atoms with Gasteiger partial charge in [-0.15, -0.1) is 0 Å². The minimum absolute atomic E-state index is 0.172. The summed E-state index contributed by atoms with van der Waals surface area (Å²) in [5.41, 5.74) is 3.59. The number of rotatable bonds is 4. The number of nitrogens with one attached hydrogen (secondary N) is 1. The van der Waals surface area contributed by atoms with Crippen LogP contribution in [0.2, 0.25) is 0 Å². The highest BCUT2D eigenvalue weighted by molar-refractivity contribution is 5.52. The van der Waals surface area contributed by atoms with Crippen molar-refractivity contribution >= 4 is 5.69 Å². The molecule has 98 valence electrons. The molecule has 0 bridgehead atoms. The summed E-state index contributed by atoms with van der Waals surface area (Å²) < 4.78 is 13.0. The van der Waals surface area contributed by atoms with Crippen LogP contribution in [0.3, 0.4) is 0 Å². The van der Waals surface area contributed by atoms with Crippen LogP contribution < -0.4 is 5.32 Å². The maximum Gasteiger partial charge on any atom is 0.123 e. The Bertz CT molecular complexity index is 558. The van der Waals surface area contributed by atoms with Gasteiger partial charge in [0.15, 0.2) is 0 Å². The number of para-hydroxylation sites is 1. The SMILES string of the molecule is Cc1ccccc1NC(c1ccc(F)cc1)C1CC1. The van der Waals surface area contributed by atoms with Crippen LogP contribution in [-0.4, -0.2) is 0 Å². The lowest BCUT2D eigenvalue weighted by Crippen LogP contribution is -2.13. The second-order valence-electron chi connectivity index (χ2n) is 5.33. The quantitative estimate of drug-likeness (QED) is 0.835. The molecule has 2 aromatic carbocycles. The predicted octanol–water partition coefficient (Wildman–Crippen LogP) is 4.70. The van der Waals surface area contributed by atoms with Crippen molar-refractivity contribution in [2.45, 2.75) is 25.8 Å². The van der Waals surface area contributed by atoms with Gasteiger partial charge in [0.2, 0.25) is 0 Å². The molecule has 3 rings (SSSR count). The second kappa shape index (κ2) is 5.04. The summed E-state index contributed by atoms with van der Waals surface area (Å²) in [4.78, 5) is 0. The second-order valence-corrected chi connectivity index (χ2v) is 5.33. The van der Waals surface area contributed by atoms with E-state index in [1.165, 1.54) is 29.7 Å². The van der Waals surface area contributed by atoms with E-state index in [9.17, 15) is 4.39 Å². The van der Waals surface area contributed by atoms with Gasteiger partial charge in [-0.2, -0.15) is 0 Å². The van der Waals surface area contributed by atoms with Gasteiger partial charge in [-0.25, -0.2) is 4.39 Å². The highest BCUT2D eigenvalue weighted by Gasteiger charge is 2.32. The summed E-state index contributed by atoms with van der Waals surface area (Å²) in [6.45, 7) is 2.11. The molecule has 0 spiro atoms. The molecule has 1 fully saturated rings. The van der Waals surface area contributed by atoms with Crippen LogP contribution in [-0.2, 0) is 0 Å². The summed E-state index contributed by atoms with van der Waals surface area (Å²) in [5.74, 6) is 0.499. The van der Waals surface area contributed by atoms with E-state index in [1.807, 2.05) is 24.3 Å². The Labute approximate surface area is 113 Å². The van der Waals surface area contributed by atoms with Crippen LogP contribution in [0.5, 0.6) is 0 Å². The average Bonchev–Trinajstić information content (AvgIpc) is 3.24. The minimum Gasteiger partial charge on any atom is -0.378 e. The third-order valence-corrected chi connectivity index (χ3v) is 3.78. The Kier molecular flexibility index (Phi) is 3.24. The first-order valence-corrected chi connectivity index (χ1v) is 6.81.